The zero-order valence-electron chi connectivity index (χ0n) is 8.42. The lowest BCUT2D eigenvalue weighted by molar-refractivity contribution is -0.141. The maximum Gasteiger partial charge on any atom is 0.225 e. The molecule has 0 radical (unpaired) electrons. The molecule has 1 amide bonds. The summed E-state index contributed by atoms with van der Waals surface area (Å²) in [5.74, 6) is 1.01. The molecule has 3 nitrogen and oxygen atoms in total. The predicted octanol–water partition coefficient (Wildman–Crippen LogP) is 0.953. The van der Waals surface area contributed by atoms with Crippen LogP contribution in [0.2, 0.25) is 0 Å². The topological polar surface area (TPSA) is 32.3 Å². The molecule has 0 aromatic carbocycles. The van der Waals surface area contributed by atoms with Crippen LogP contribution in [0, 0.1) is 5.92 Å². The summed E-state index contributed by atoms with van der Waals surface area (Å²) in [6.07, 6.45) is 3.36. The van der Waals surface area contributed by atoms with Crippen molar-refractivity contribution in [3.8, 4) is 0 Å². The Morgan fingerprint density at radius 3 is 2.92 bits per heavy atom. The molecule has 3 heteroatoms. The highest BCUT2D eigenvalue weighted by Gasteiger charge is 2.34. The molecule has 74 valence electrons. The molecule has 2 saturated heterocycles. The van der Waals surface area contributed by atoms with E-state index in [1.54, 1.807) is 0 Å². The van der Waals surface area contributed by atoms with Crippen molar-refractivity contribution >= 4 is 5.91 Å². The quantitative estimate of drug-likeness (QED) is 0.605. The van der Waals surface area contributed by atoms with Crippen molar-refractivity contribution in [1.29, 1.82) is 0 Å². The summed E-state index contributed by atoms with van der Waals surface area (Å²) in [4.78, 5) is 13.7. The first-order valence-corrected chi connectivity index (χ1v) is 5.22. The molecule has 0 aliphatic carbocycles. The van der Waals surface area contributed by atoms with Gasteiger partial charge < -0.3 is 4.90 Å². The van der Waals surface area contributed by atoms with Gasteiger partial charge in [0.1, 0.15) is 0 Å². The van der Waals surface area contributed by atoms with Gasteiger partial charge >= 0.3 is 0 Å². The Labute approximate surface area is 79.5 Å². The Morgan fingerprint density at radius 2 is 2.15 bits per heavy atom. The van der Waals surface area contributed by atoms with Gasteiger partial charge in [0.2, 0.25) is 5.91 Å². The van der Waals surface area contributed by atoms with Crippen LogP contribution in [0.5, 0.6) is 0 Å². The van der Waals surface area contributed by atoms with Crippen LogP contribution < -0.4 is 5.32 Å². The van der Waals surface area contributed by atoms with Crippen LogP contribution in [0.3, 0.4) is 0 Å². The summed E-state index contributed by atoms with van der Waals surface area (Å²) in [7, 11) is 0. The first-order valence-electron chi connectivity index (χ1n) is 5.22. The number of fused-ring (bicyclic) bond motifs is 1. The average molecular weight is 182 g/mol. The van der Waals surface area contributed by atoms with E-state index in [0.717, 1.165) is 13.0 Å². The van der Waals surface area contributed by atoms with Crippen molar-refractivity contribution in [3.05, 3.63) is 0 Å². The minimum Gasteiger partial charge on any atom is -0.327 e. The Morgan fingerprint density at radius 1 is 1.38 bits per heavy atom. The van der Waals surface area contributed by atoms with Gasteiger partial charge in [-0.25, -0.2) is 0 Å². The normalized spacial score (nSPS) is 40.3. The molecule has 2 aliphatic heterocycles. The van der Waals surface area contributed by atoms with Gasteiger partial charge in [-0.05, 0) is 25.7 Å². The van der Waals surface area contributed by atoms with E-state index in [1.807, 2.05) is 4.90 Å². The zero-order chi connectivity index (χ0) is 9.42. The van der Waals surface area contributed by atoms with Crippen LogP contribution in [0.15, 0.2) is 0 Å². The van der Waals surface area contributed by atoms with Gasteiger partial charge in [-0.1, -0.05) is 6.92 Å². The maximum atomic E-state index is 11.7. The van der Waals surface area contributed by atoms with Crippen LogP contribution in [0.4, 0.5) is 0 Å². The van der Waals surface area contributed by atoms with E-state index in [-0.39, 0.29) is 0 Å². The Kier molecular flexibility index (Phi) is 2.28. The molecule has 2 rings (SSSR count). The third kappa shape index (κ3) is 1.70. The SMILES string of the molecule is C[C@H]1CC[C@@H]2N[C@H](C)CC(=O)N2C1. The lowest BCUT2D eigenvalue weighted by atomic mass is 9.95. The van der Waals surface area contributed by atoms with Gasteiger partial charge in [0.05, 0.1) is 6.17 Å². The monoisotopic (exact) mass is 182 g/mol. The molecule has 1 N–H and O–H groups in total. The van der Waals surface area contributed by atoms with Crippen LogP contribution in [0.25, 0.3) is 0 Å². The number of carbonyl (C=O) groups is 1. The van der Waals surface area contributed by atoms with Crippen molar-refractivity contribution in [2.45, 2.75) is 45.3 Å². The summed E-state index contributed by atoms with van der Waals surface area (Å²) >= 11 is 0. The van der Waals surface area contributed by atoms with Crippen LogP contribution in [0.1, 0.15) is 33.1 Å². The summed E-state index contributed by atoms with van der Waals surface area (Å²) in [6.45, 7) is 5.26. The number of hydrogen-bond acceptors (Lipinski definition) is 2. The highest BCUT2D eigenvalue weighted by atomic mass is 16.2. The molecule has 2 aliphatic rings. The second-order valence-electron chi connectivity index (χ2n) is 4.52. The summed E-state index contributed by atoms with van der Waals surface area (Å²) < 4.78 is 0. The fourth-order valence-corrected chi connectivity index (χ4v) is 2.37. The molecular weight excluding hydrogens is 164 g/mol. The van der Waals surface area contributed by atoms with E-state index in [9.17, 15) is 4.79 Å². The van der Waals surface area contributed by atoms with Crippen LogP contribution >= 0.6 is 0 Å². The van der Waals surface area contributed by atoms with Gasteiger partial charge in [-0.3, -0.25) is 10.1 Å². The fourth-order valence-electron chi connectivity index (χ4n) is 2.37. The smallest absolute Gasteiger partial charge is 0.225 e. The van der Waals surface area contributed by atoms with Gasteiger partial charge in [-0.15, -0.1) is 0 Å². The third-order valence-electron chi connectivity index (χ3n) is 3.10. The highest BCUT2D eigenvalue weighted by Crippen LogP contribution is 2.24. The van der Waals surface area contributed by atoms with E-state index < -0.39 is 0 Å². The summed E-state index contributed by atoms with van der Waals surface area (Å²) in [6, 6.07) is 0.363. The molecule has 0 unspecified atom stereocenters. The average Bonchev–Trinajstić information content (AvgIpc) is 2.06. The molecule has 0 spiro atoms. The minimum absolute atomic E-state index is 0.326. The molecule has 0 aromatic rings. The predicted molar refractivity (Wildman–Crippen MR) is 51.1 cm³/mol. The standard InChI is InChI=1S/C10H18N2O/c1-7-3-4-9-11-8(2)5-10(13)12(9)6-7/h7-9,11H,3-6H2,1-2H3/t7-,8+,9+/m0/s1. The largest absolute Gasteiger partial charge is 0.327 e. The lowest BCUT2D eigenvalue weighted by Crippen LogP contribution is -2.60. The number of nitrogens with one attached hydrogen (secondary N) is 1. The number of hydrogen-bond donors (Lipinski definition) is 1. The van der Waals surface area contributed by atoms with E-state index in [1.165, 1.54) is 6.42 Å². The lowest BCUT2D eigenvalue weighted by Gasteiger charge is -2.44. The molecular formula is C10H18N2O. The number of amides is 1. The van der Waals surface area contributed by atoms with Crippen molar-refractivity contribution < 1.29 is 4.79 Å². The second-order valence-corrected chi connectivity index (χ2v) is 4.52. The van der Waals surface area contributed by atoms with Crippen LogP contribution in [-0.2, 0) is 4.79 Å². The van der Waals surface area contributed by atoms with Gasteiger partial charge in [0.25, 0.3) is 0 Å². The number of rotatable bonds is 0. The van der Waals surface area contributed by atoms with E-state index in [2.05, 4.69) is 19.2 Å². The van der Waals surface area contributed by atoms with Crippen molar-refractivity contribution in [2.24, 2.45) is 5.92 Å². The fraction of sp³-hybridized carbons (Fsp3) is 0.900. The Hall–Kier alpha value is -0.570. The molecule has 0 saturated carbocycles. The minimum atomic E-state index is 0.326. The van der Waals surface area contributed by atoms with Crippen molar-refractivity contribution in [3.63, 3.8) is 0 Å². The van der Waals surface area contributed by atoms with E-state index in [4.69, 9.17) is 0 Å². The molecule has 13 heavy (non-hydrogen) atoms. The number of piperidine rings is 1. The van der Waals surface area contributed by atoms with Crippen molar-refractivity contribution in [2.75, 3.05) is 6.54 Å². The molecule has 3 atom stereocenters. The number of carbonyl (C=O) groups excluding carboxylic acids is 1. The van der Waals surface area contributed by atoms with Gasteiger partial charge in [-0.2, -0.15) is 0 Å². The Balaban J connectivity index is 2.06. The Bertz CT molecular complexity index is 217. The molecule has 2 fully saturated rings. The molecule has 2 heterocycles. The van der Waals surface area contributed by atoms with Gasteiger partial charge in [0, 0.05) is 19.0 Å². The molecule has 0 bridgehead atoms. The summed E-state index contributed by atoms with van der Waals surface area (Å²) in [5.41, 5.74) is 0. The third-order valence-corrected chi connectivity index (χ3v) is 3.10. The first kappa shape index (κ1) is 9.00. The molecule has 0 aromatic heterocycles. The first-order chi connectivity index (χ1) is 6.16. The number of nitrogens with zero attached hydrogens (tertiary/aromatic N) is 1. The summed E-state index contributed by atoms with van der Waals surface area (Å²) in [5, 5.41) is 3.47. The van der Waals surface area contributed by atoms with Crippen molar-refractivity contribution in [1.82, 2.24) is 10.2 Å². The zero-order valence-corrected chi connectivity index (χ0v) is 8.42. The highest BCUT2D eigenvalue weighted by molar-refractivity contribution is 5.78. The van der Waals surface area contributed by atoms with Gasteiger partial charge in [0.15, 0.2) is 0 Å². The van der Waals surface area contributed by atoms with E-state index >= 15 is 0 Å². The second kappa shape index (κ2) is 3.29. The van der Waals surface area contributed by atoms with E-state index in [0.29, 0.717) is 30.5 Å². The van der Waals surface area contributed by atoms with Crippen LogP contribution in [-0.4, -0.2) is 29.6 Å². The maximum absolute atomic E-state index is 11.7.